The zero-order valence-electron chi connectivity index (χ0n) is 14.0. The number of hydrogen-bond acceptors (Lipinski definition) is 7. The van der Waals surface area contributed by atoms with E-state index in [9.17, 15) is 18.8 Å². The summed E-state index contributed by atoms with van der Waals surface area (Å²) in [5, 5.41) is 0.0855. The van der Waals surface area contributed by atoms with Crippen LogP contribution >= 0.6 is 23.1 Å². The van der Waals surface area contributed by atoms with E-state index in [4.69, 9.17) is 9.47 Å². The van der Waals surface area contributed by atoms with Crippen molar-refractivity contribution in [2.45, 2.75) is 13.5 Å². The third-order valence-electron chi connectivity index (χ3n) is 3.77. The molecule has 1 fully saturated rings. The summed E-state index contributed by atoms with van der Waals surface area (Å²) in [7, 11) is 0. The van der Waals surface area contributed by atoms with Gasteiger partial charge < -0.3 is 14.4 Å². The van der Waals surface area contributed by atoms with Gasteiger partial charge in [0.25, 0.3) is 5.24 Å². The average molecular weight is 397 g/mol. The Morgan fingerprint density at radius 3 is 2.81 bits per heavy atom. The van der Waals surface area contributed by atoms with Gasteiger partial charge in [-0.2, -0.15) is 0 Å². The number of thioether (sulfide) groups is 1. The van der Waals surface area contributed by atoms with Crippen LogP contribution in [0.1, 0.15) is 22.2 Å². The predicted molar refractivity (Wildman–Crippen MR) is 97.0 cm³/mol. The summed E-state index contributed by atoms with van der Waals surface area (Å²) in [4.78, 5) is 37.4. The Labute approximate surface area is 157 Å². The predicted octanol–water partition coefficient (Wildman–Crippen LogP) is 3.43. The number of nitrogens with zero attached hydrogens (tertiary/aromatic N) is 1. The normalized spacial score (nSPS) is 14.1. The van der Waals surface area contributed by atoms with Crippen molar-refractivity contribution in [3.05, 3.63) is 34.5 Å². The molecule has 0 N–H and O–H groups in total. The smallest absolute Gasteiger partial charge is 0.348 e. The molecule has 1 aromatic heterocycles. The number of halogens is 1. The lowest BCUT2D eigenvalue weighted by molar-refractivity contribution is -0.145. The first-order chi connectivity index (χ1) is 12.5. The largest absolute Gasteiger partial charge is 0.462 e. The minimum Gasteiger partial charge on any atom is -0.462 e. The van der Waals surface area contributed by atoms with Crippen molar-refractivity contribution in [1.82, 2.24) is 4.90 Å². The molecule has 2 heterocycles. The van der Waals surface area contributed by atoms with Gasteiger partial charge in [0, 0.05) is 27.9 Å². The van der Waals surface area contributed by atoms with Gasteiger partial charge in [0.05, 0.1) is 6.61 Å². The second-order valence-electron chi connectivity index (χ2n) is 5.44. The molecule has 0 atom stereocenters. The molecule has 2 aromatic rings. The van der Waals surface area contributed by atoms with Gasteiger partial charge in [-0.1, -0.05) is 17.8 Å². The van der Waals surface area contributed by atoms with Crippen LogP contribution in [0.15, 0.2) is 18.2 Å². The summed E-state index contributed by atoms with van der Waals surface area (Å²) in [6.45, 7) is 1.93. The van der Waals surface area contributed by atoms with Gasteiger partial charge in [-0.05, 0) is 19.1 Å². The Bertz CT molecular complexity index is 866. The summed E-state index contributed by atoms with van der Waals surface area (Å²) in [5.74, 6) is -1.04. The standard InChI is InChI=1S/C17H16FNO5S2/c1-2-23-16(21)15-10(14-11(18)4-3-5-12(14)26-15)9-24-13(20)8-19-6-7-25-17(19)22/h3-5H,2,6-9H2,1H3. The van der Waals surface area contributed by atoms with E-state index in [0.717, 1.165) is 23.1 Å². The Kier molecular flexibility index (Phi) is 5.77. The summed E-state index contributed by atoms with van der Waals surface area (Å²) in [6.07, 6.45) is 0. The van der Waals surface area contributed by atoms with Crippen molar-refractivity contribution in [1.29, 1.82) is 0 Å². The van der Waals surface area contributed by atoms with Crippen LogP contribution in [0.25, 0.3) is 10.1 Å². The number of hydrogen-bond donors (Lipinski definition) is 0. The van der Waals surface area contributed by atoms with E-state index in [1.54, 1.807) is 19.1 Å². The minimum absolute atomic E-state index is 0.162. The fourth-order valence-corrected chi connectivity index (χ4v) is 4.53. The summed E-state index contributed by atoms with van der Waals surface area (Å²) in [5.41, 5.74) is 0.289. The van der Waals surface area contributed by atoms with Crippen LogP contribution in [0, 0.1) is 5.82 Å². The highest BCUT2D eigenvalue weighted by molar-refractivity contribution is 8.13. The molecule has 3 rings (SSSR count). The maximum Gasteiger partial charge on any atom is 0.348 e. The van der Waals surface area contributed by atoms with Crippen LogP contribution < -0.4 is 0 Å². The van der Waals surface area contributed by atoms with Crippen molar-refractivity contribution in [3.8, 4) is 0 Å². The molecule has 26 heavy (non-hydrogen) atoms. The van der Waals surface area contributed by atoms with E-state index < -0.39 is 17.8 Å². The molecule has 9 heteroatoms. The molecule has 0 unspecified atom stereocenters. The first kappa shape index (κ1) is 18.7. The topological polar surface area (TPSA) is 72.9 Å². The van der Waals surface area contributed by atoms with Gasteiger partial charge in [-0.25, -0.2) is 9.18 Å². The zero-order valence-corrected chi connectivity index (χ0v) is 15.6. The molecule has 0 aliphatic carbocycles. The van der Waals surface area contributed by atoms with Crippen molar-refractivity contribution in [2.75, 3.05) is 25.4 Å². The number of thiophene rings is 1. The van der Waals surface area contributed by atoms with Crippen LogP contribution in [0.2, 0.25) is 0 Å². The highest BCUT2D eigenvalue weighted by atomic mass is 32.2. The molecule has 0 bridgehead atoms. The van der Waals surface area contributed by atoms with Gasteiger partial charge in [0.2, 0.25) is 0 Å². The van der Waals surface area contributed by atoms with Crippen LogP contribution in [-0.4, -0.2) is 47.5 Å². The van der Waals surface area contributed by atoms with E-state index in [2.05, 4.69) is 0 Å². The van der Waals surface area contributed by atoms with Gasteiger partial charge in [-0.3, -0.25) is 9.59 Å². The van der Waals surface area contributed by atoms with Gasteiger partial charge >= 0.3 is 11.9 Å². The van der Waals surface area contributed by atoms with E-state index >= 15 is 0 Å². The number of benzene rings is 1. The molecule has 1 aromatic carbocycles. The fraction of sp³-hybridized carbons (Fsp3) is 0.353. The molecular weight excluding hydrogens is 381 g/mol. The van der Waals surface area contributed by atoms with Gasteiger partial charge in [0.1, 0.15) is 23.8 Å². The van der Waals surface area contributed by atoms with Crippen molar-refractivity contribution in [2.24, 2.45) is 0 Å². The maximum atomic E-state index is 14.3. The highest BCUT2D eigenvalue weighted by Crippen LogP contribution is 2.34. The third kappa shape index (κ3) is 3.83. The van der Waals surface area contributed by atoms with Crippen LogP contribution in [0.3, 0.4) is 0 Å². The molecule has 6 nitrogen and oxygen atoms in total. The third-order valence-corrected chi connectivity index (χ3v) is 5.84. The van der Waals surface area contributed by atoms with Crippen LogP contribution in [0.4, 0.5) is 9.18 Å². The molecule has 1 aliphatic heterocycles. The quantitative estimate of drug-likeness (QED) is 0.696. The van der Waals surface area contributed by atoms with Crippen molar-refractivity contribution < 1.29 is 28.2 Å². The molecular formula is C17H16FNO5S2. The maximum absolute atomic E-state index is 14.3. The molecule has 1 aliphatic rings. The number of rotatable bonds is 6. The number of carbonyl (C=O) groups is 3. The number of amides is 1. The Morgan fingerprint density at radius 2 is 2.12 bits per heavy atom. The van der Waals surface area contributed by atoms with E-state index in [1.165, 1.54) is 11.0 Å². The fourth-order valence-electron chi connectivity index (χ4n) is 2.59. The van der Waals surface area contributed by atoms with Crippen LogP contribution in [-0.2, 0) is 20.9 Å². The first-order valence-electron chi connectivity index (χ1n) is 7.95. The van der Waals surface area contributed by atoms with Gasteiger partial charge in [0.15, 0.2) is 0 Å². The SMILES string of the molecule is CCOC(=O)c1sc2cccc(F)c2c1COC(=O)CN1CCSC1=O. The molecule has 1 saturated heterocycles. The monoisotopic (exact) mass is 397 g/mol. The summed E-state index contributed by atoms with van der Waals surface area (Å²) < 4.78 is 25.1. The zero-order chi connectivity index (χ0) is 18.7. The lowest BCUT2D eigenvalue weighted by atomic mass is 10.1. The Hall–Kier alpha value is -2.13. The molecule has 0 radical (unpaired) electrons. The van der Waals surface area contributed by atoms with E-state index in [-0.39, 0.29) is 40.8 Å². The lowest BCUT2D eigenvalue weighted by Gasteiger charge is -2.13. The number of esters is 2. The molecule has 0 saturated carbocycles. The second kappa shape index (κ2) is 8.05. The highest BCUT2D eigenvalue weighted by Gasteiger charge is 2.26. The number of fused-ring (bicyclic) bond motifs is 1. The first-order valence-corrected chi connectivity index (χ1v) is 9.75. The summed E-state index contributed by atoms with van der Waals surface area (Å²) >= 11 is 2.25. The molecule has 138 valence electrons. The minimum atomic E-state index is -0.605. The van der Waals surface area contributed by atoms with Crippen molar-refractivity contribution >= 4 is 50.4 Å². The lowest BCUT2D eigenvalue weighted by Crippen LogP contribution is -2.30. The number of ether oxygens (including phenoxy) is 2. The van der Waals surface area contributed by atoms with E-state index in [0.29, 0.717) is 17.0 Å². The number of carbonyl (C=O) groups excluding carboxylic acids is 3. The van der Waals surface area contributed by atoms with Crippen molar-refractivity contribution in [3.63, 3.8) is 0 Å². The van der Waals surface area contributed by atoms with E-state index in [1.807, 2.05) is 0 Å². The molecule has 0 spiro atoms. The molecule has 1 amide bonds. The Balaban J connectivity index is 1.81. The summed E-state index contributed by atoms with van der Waals surface area (Å²) in [6, 6.07) is 4.53. The second-order valence-corrected chi connectivity index (χ2v) is 7.54. The average Bonchev–Trinajstić information content (AvgIpc) is 3.18. The Morgan fingerprint density at radius 1 is 1.31 bits per heavy atom. The van der Waals surface area contributed by atoms with Gasteiger partial charge in [-0.15, -0.1) is 11.3 Å². The van der Waals surface area contributed by atoms with Crippen LogP contribution in [0.5, 0.6) is 0 Å².